The number of pyridine rings is 1. The number of amides is 2. The number of halogens is 3. The molecule has 0 spiro atoms. The van der Waals surface area contributed by atoms with E-state index in [0.29, 0.717) is 54.4 Å². The number of carbonyl (C=O) groups is 2. The lowest BCUT2D eigenvalue weighted by Crippen LogP contribution is -2.46. The highest BCUT2D eigenvalue weighted by atomic mass is 19.1. The van der Waals surface area contributed by atoms with E-state index in [9.17, 15) is 22.8 Å². The van der Waals surface area contributed by atoms with Gasteiger partial charge < -0.3 is 11.1 Å². The van der Waals surface area contributed by atoms with E-state index in [2.05, 4.69) is 10.3 Å². The summed E-state index contributed by atoms with van der Waals surface area (Å²) in [7, 11) is 0. The number of hydrogen-bond donors (Lipinski definition) is 2. The number of benzene rings is 2. The second-order valence-electron chi connectivity index (χ2n) is 8.28. The smallest absolute Gasteiger partial charge is 0.251 e. The van der Waals surface area contributed by atoms with Crippen LogP contribution >= 0.6 is 0 Å². The minimum atomic E-state index is -1.07. The van der Waals surface area contributed by atoms with Gasteiger partial charge in [-0.05, 0) is 42.8 Å². The van der Waals surface area contributed by atoms with Crippen LogP contribution in [-0.4, -0.2) is 47.4 Å². The van der Waals surface area contributed by atoms with Gasteiger partial charge in [-0.3, -0.25) is 19.5 Å². The monoisotopic (exact) mass is 456 g/mol. The van der Waals surface area contributed by atoms with Gasteiger partial charge in [0.1, 0.15) is 17.5 Å². The molecule has 1 aromatic heterocycles. The molecule has 0 aliphatic carbocycles. The molecule has 2 heterocycles. The molecule has 1 fully saturated rings. The Labute approximate surface area is 188 Å². The lowest BCUT2D eigenvalue weighted by Gasteiger charge is -2.31. The summed E-state index contributed by atoms with van der Waals surface area (Å²) in [6, 6.07) is 6.04. The van der Waals surface area contributed by atoms with Crippen molar-refractivity contribution in [2.24, 2.45) is 5.73 Å². The van der Waals surface area contributed by atoms with Crippen molar-refractivity contribution in [1.82, 2.24) is 15.2 Å². The summed E-state index contributed by atoms with van der Waals surface area (Å²) in [5.74, 6) is -3.86. The highest BCUT2D eigenvalue weighted by molar-refractivity contribution is 6.03. The lowest BCUT2D eigenvalue weighted by molar-refractivity contribution is -0.119. The molecule has 3 N–H and O–H groups in total. The van der Waals surface area contributed by atoms with Crippen LogP contribution in [-0.2, 0) is 4.79 Å². The first kappa shape index (κ1) is 22.7. The number of aromatic nitrogens is 1. The molecule has 2 aromatic carbocycles. The first-order chi connectivity index (χ1) is 15.7. The fourth-order valence-corrected chi connectivity index (χ4v) is 4.22. The SMILES string of the molecule is Cc1cnc(-c2c(F)cc(F)cc2F)c2cc(C(=O)NC3CCN(CC(N)=O)CC3)ccc12. The summed E-state index contributed by atoms with van der Waals surface area (Å²) in [5, 5.41) is 4.05. The third-order valence-electron chi connectivity index (χ3n) is 5.89. The second kappa shape index (κ2) is 9.19. The van der Waals surface area contributed by atoms with E-state index < -0.39 is 23.0 Å². The van der Waals surface area contributed by atoms with Crippen molar-refractivity contribution >= 4 is 22.6 Å². The molecule has 4 rings (SSSR count). The predicted octanol–water partition coefficient (Wildman–Crippen LogP) is 3.31. The molecule has 0 saturated carbocycles. The Bertz CT molecular complexity index is 1220. The van der Waals surface area contributed by atoms with Crippen LogP contribution in [0, 0.1) is 24.4 Å². The van der Waals surface area contributed by atoms with Crippen LogP contribution < -0.4 is 11.1 Å². The van der Waals surface area contributed by atoms with Crippen molar-refractivity contribution in [3.63, 3.8) is 0 Å². The Morgan fingerprint density at radius 3 is 2.39 bits per heavy atom. The quantitative estimate of drug-likeness (QED) is 0.617. The number of piperidine rings is 1. The fraction of sp³-hybridized carbons (Fsp3) is 0.292. The molecule has 33 heavy (non-hydrogen) atoms. The standard InChI is InChI=1S/C24H23F3N4O2/c1-13-11-29-23(22-19(26)9-15(25)10-20(22)27)18-8-14(2-3-17(13)18)24(33)30-16-4-6-31(7-5-16)12-21(28)32/h2-3,8-11,16H,4-7,12H2,1H3,(H2,28,32)(H,30,33). The van der Waals surface area contributed by atoms with Crippen LogP contribution in [0.15, 0.2) is 36.5 Å². The Morgan fingerprint density at radius 2 is 1.76 bits per heavy atom. The minimum Gasteiger partial charge on any atom is -0.369 e. The highest BCUT2D eigenvalue weighted by Gasteiger charge is 2.23. The second-order valence-corrected chi connectivity index (χ2v) is 8.28. The fourth-order valence-electron chi connectivity index (χ4n) is 4.22. The van der Waals surface area contributed by atoms with Gasteiger partial charge in [0.2, 0.25) is 5.91 Å². The van der Waals surface area contributed by atoms with Crippen LogP contribution in [0.1, 0.15) is 28.8 Å². The van der Waals surface area contributed by atoms with Crippen LogP contribution in [0.25, 0.3) is 22.0 Å². The first-order valence-corrected chi connectivity index (χ1v) is 10.6. The molecule has 172 valence electrons. The highest BCUT2D eigenvalue weighted by Crippen LogP contribution is 2.33. The molecular weight excluding hydrogens is 433 g/mol. The molecule has 1 saturated heterocycles. The number of likely N-dealkylation sites (tertiary alicyclic amines) is 1. The van der Waals surface area contributed by atoms with Crippen molar-refractivity contribution in [3.05, 3.63) is 65.1 Å². The van der Waals surface area contributed by atoms with E-state index in [4.69, 9.17) is 5.73 Å². The molecule has 2 amide bonds. The Hall–Kier alpha value is -3.46. The average Bonchev–Trinajstić information content (AvgIpc) is 2.75. The number of fused-ring (bicyclic) bond motifs is 1. The van der Waals surface area contributed by atoms with E-state index in [1.165, 1.54) is 6.20 Å². The maximum Gasteiger partial charge on any atom is 0.251 e. The Morgan fingerprint density at radius 1 is 1.09 bits per heavy atom. The van der Waals surface area contributed by atoms with Crippen LogP contribution in [0.2, 0.25) is 0 Å². The van der Waals surface area contributed by atoms with Crippen molar-refractivity contribution in [2.75, 3.05) is 19.6 Å². The zero-order valence-corrected chi connectivity index (χ0v) is 18.0. The molecule has 9 heteroatoms. The molecule has 1 aliphatic heterocycles. The van der Waals surface area contributed by atoms with E-state index in [0.717, 1.165) is 5.56 Å². The van der Waals surface area contributed by atoms with Crippen molar-refractivity contribution < 1.29 is 22.8 Å². The largest absolute Gasteiger partial charge is 0.369 e. The van der Waals surface area contributed by atoms with E-state index in [1.54, 1.807) is 25.1 Å². The van der Waals surface area contributed by atoms with Gasteiger partial charge in [0.15, 0.2) is 0 Å². The number of carbonyl (C=O) groups excluding carboxylic acids is 2. The van der Waals surface area contributed by atoms with Crippen LogP contribution in [0.5, 0.6) is 0 Å². The van der Waals surface area contributed by atoms with E-state index in [-0.39, 0.29) is 30.1 Å². The summed E-state index contributed by atoms with van der Waals surface area (Å²) < 4.78 is 42.3. The first-order valence-electron chi connectivity index (χ1n) is 10.6. The number of rotatable bonds is 5. The Kier molecular flexibility index (Phi) is 6.33. The molecule has 1 aliphatic rings. The zero-order valence-electron chi connectivity index (χ0n) is 18.0. The predicted molar refractivity (Wildman–Crippen MR) is 118 cm³/mol. The molecule has 0 bridgehead atoms. The van der Waals surface area contributed by atoms with Crippen LogP contribution in [0.3, 0.4) is 0 Å². The maximum atomic E-state index is 14.5. The number of aryl methyl sites for hydroxylation is 1. The van der Waals surface area contributed by atoms with Gasteiger partial charge in [0.05, 0.1) is 17.8 Å². The van der Waals surface area contributed by atoms with Gasteiger partial charge >= 0.3 is 0 Å². The molecule has 0 radical (unpaired) electrons. The van der Waals surface area contributed by atoms with Crippen molar-refractivity contribution in [2.45, 2.75) is 25.8 Å². The Balaban J connectivity index is 1.62. The van der Waals surface area contributed by atoms with Gasteiger partial charge in [-0.1, -0.05) is 6.07 Å². The molecule has 0 unspecified atom stereocenters. The minimum absolute atomic E-state index is 0.00000917. The van der Waals surface area contributed by atoms with Gasteiger partial charge in [-0.15, -0.1) is 0 Å². The maximum absolute atomic E-state index is 14.5. The van der Waals surface area contributed by atoms with Crippen LogP contribution in [0.4, 0.5) is 13.2 Å². The molecule has 6 nitrogen and oxygen atoms in total. The van der Waals surface area contributed by atoms with Gasteiger partial charge in [0.25, 0.3) is 5.91 Å². The molecular formula is C24H23F3N4O2. The third kappa shape index (κ3) is 4.83. The lowest BCUT2D eigenvalue weighted by atomic mass is 9.98. The van der Waals surface area contributed by atoms with Gasteiger partial charge in [-0.25, -0.2) is 13.2 Å². The van der Waals surface area contributed by atoms with Gasteiger partial charge in [-0.2, -0.15) is 0 Å². The van der Waals surface area contributed by atoms with E-state index in [1.807, 2.05) is 4.90 Å². The van der Waals surface area contributed by atoms with E-state index >= 15 is 0 Å². The zero-order chi connectivity index (χ0) is 23.7. The third-order valence-corrected chi connectivity index (χ3v) is 5.89. The summed E-state index contributed by atoms with van der Waals surface area (Å²) in [6.07, 6.45) is 2.83. The number of primary amides is 1. The van der Waals surface area contributed by atoms with Crippen molar-refractivity contribution in [3.8, 4) is 11.3 Å². The van der Waals surface area contributed by atoms with Crippen molar-refractivity contribution in [1.29, 1.82) is 0 Å². The average molecular weight is 456 g/mol. The van der Waals surface area contributed by atoms with Gasteiger partial charge in [0, 0.05) is 48.4 Å². The molecule has 0 atom stereocenters. The number of nitrogens with two attached hydrogens (primary N) is 1. The number of nitrogens with zero attached hydrogens (tertiary/aromatic N) is 2. The summed E-state index contributed by atoms with van der Waals surface area (Å²) in [6.45, 7) is 3.27. The summed E-state index contributed by atoms with van der Waals surface area (Å²) in [4.78, 5) is 30.1. The summed E-state index contributed by atoms with van der Waals surface area (Å²) >= 11 is 0. The molecule has 3 aromatic rings. The summed E-state index contributed by atoms with van der Waals surface area (Å²) in [5.41, 5.74) is 5.87. The number of hydrogen-bond acceptors (Lipinski definition) is 4. The number of nitrogens with one attached hydrogen (secondary N) is 1. The topological polar surface area (TPSA) is 88.3 Å². The normalized spacial score (nSPS) is 15.0.